The first kappa shape index (κ1) is 21.9. The maximum Gasteiger partial charge on any atom is 0.255 e. The Morgan fingerprint density at radius 3 is 2.34 bits per heavy atom. The first-order valence-corrected chi connectivity index (χ1v) is 12.5. The van der Waals surface area contributed by atoms with Gasteiger partial charge in [0, 0.05) is 31.6 Å². The maximum absolute atomic E-state index is 13.1. The second-order valence-corrected chi connectivity index (χ2v) is 10.4. The molecule has 1 fully saturated rings. The highest BCUT2D eigenvalue weighted by Gasteiger charge is 2.26. The molecule has 1 amide bonds. The van der Waals surface area contributed by atoms with E-state index in [1.54, 1.807) is 25.2 Å². The zero-order valence-electron chi connectivity index (χ0n) is 17.2. The number of carbonyl (C=O) groups excluding carboxylic acids is 1. The van der Waals surface area contributed by atoms with Gasteiger partial charge in [-0.2, -0.15) is 4.31 Å². The summed E-state index contributed by atoms with van der Waals surface area (Å²) >= 11 is 1.46. The van der Waals surface area contributed by atoms with Gasteiger partial charge in [-0.15, -0.1) is 11.8 Å². The molecular formula is C22H28N2O3S2. The Morgan fingerprint density at radius 1 is 1.07 bits per heavy atom. The molecule has 5 nitrogen and oxygen atoms in total. The summed E-state index contributed by atoms with van der Waals surface area (Å²) in [5, 5.41) is 0. The molecule has 7 heteroatoms. The highest BCUT2D eigenvalue weighted by Crippen LogP contribution is 2.27. The Balaban J connectivity index is 1.88. The van der Waals surface area contributed by atoms with Crippen LogP contribution in [0, 0.1) is 6.92 Å². The summed E-state index contributed by atoms with van der Waals surface area (Å²) < 4.78 is 27.6. The van der Waals surface area contributed by atoms with Gasteiger partial charge in [0.1, 0.15) is 0 Å². The van der Waals surface area contributed by atoms with E-state index in [0.29, 0.717) is 5.56 Å². The number of sulfonamides is 1. The largest absolute Gasteiger partial charge is 0.339 e. The smallest absolute Gasteiger partial charge is 0.255 e. The topological polar surface area (TPSA) is 57.7 Å². The molecule has 3 rings (SSSR count). The minimum Gasteiger partial charge on any atom is -0.339 e. The van der Waals surface area contributed by atoms with Crippen LogP contribution in [0.5, 0.6) is 0 Å². The molecule has 0 atom stereocenters. The zero-order chi connectivity index (χ0) is 21.0. The molecule has 1 aliphatic heterocycles. The fraction of sp³-hybridized carbons (Fsp3) is 0.409. The van der Waals surface area contributed by atoms with Gasteiger partial charge < -0.3 is 4.90 Å². The van der Waals surface area contributed by atoms with Gasteiger partial charge in [-0.05, 0) is 56.2 Å². The number of nitrogens with zero attached hydrogens (tertiary/aromatic N) is 2. The molecule has 2 aromatic rings. The number of hydrogen-bond donors (Lipinski definition) is 0. The van der Waals surface area contributed by atoms with Crippen molar-refractivity contribution in [2.24, 2.45) is 0 Å². The summed E-state index contributed by atoms with van der Waals surface area (Å²) in [6.45, 7) is 3.74. The van der Waals surface area contributed by atoms with Crippen molar-refractivity contribution in [3.05, 3.63) is 59.2 Å². The summed E-state index contributed by atoms with van der Waals surface area (Å²) in [6, 6.07) is 12.7. The van der Waals surface area contributed by atoms with E-state index in [1.165, 1.54) is 16.1 Å². The molecule has 0 N–H and O–H groups in total. The van der Waals surface area contributed by atoms with E-state index >= 15 is 0 Å². The number of amides is 1. The molecule has 0 saturated carbocycles. The molecule has 0 aromatic heterocycles. The zero-order valence-corrected chi connectivity index (χ0v) is 18.9. The molecule has 29 heavy (non-hydrogen) atoms. The molecule has 1 saturated heterocycles. The number of thioether (sulfide) groups is 1. The van der Waals surface area contributed by atoms with Crippen LogP contribution in [-0.2, 0) is 16.6 Å². The van der Waals surface area contributed by atoms with Crippen LogP contribution in [0.2, 0.25) is 0 Å². The lowest BCUT2D eigenvalue weighted by atomic mass is 10.1. The van der Waals surface area contributed by atoms with Crippen molar-refractivity contribution in [3.8, 4) is 0 Å². The van der Waals surface area contributed by atoms with Gasteiger partial charge in [0.15, 0.2) is 0 Å². The van der Waals surface area contributed by atoms with Gasteiger partial charge in [0.2, 0.25) is 10.0 Å². The van der Waals surface area contributed by atoms with Gasteiger partial charge in [0.05, 0.1) is 10.5 Å². The van der Waals surface area contributed by atoms with E-state index < -0.39 is 10.0 Å². The van der Waals surface area contributed by atoms with Gasteiger partial charge in [-0.1, -0.05) is 29.8 Å². The number of hydrogen-bond acceptors (Lipinski definition) is 4. The average Bonchev–Trinajstić information content (AvgIpc) is 2.74. The SMILES string of the molecule is CSc1ccc(S(=O)(=O)N(C)Cc2ccc(C)cc2)cc1C(=O)N1CCCCC1. The molecule has 0 aliphatic carbocycles. The molecule has 2 aromatic carbocycles. The Labute approximate surface area is 178 Å². The molecule has 156 valence electrons. The molecule has 0 radical (unpaired) electrons. The number of rotatable bonds is 6. The van der Waals surface area contributed by atoms with Crippen LogP contribution in [0.25, 0.3) is 0 Å². The van der Waals surface area contributed by atoms with E-state index in [9.17, 15) is 13.2 Å². The third-order valence-electron chi connectivity index (χ3n) is 5.28. The monoisotopic (exact) mass is 432 g/mol. The number of benzene rings is 2. The number of piperidine rings is 1. The quantitative estimate of drug-likeness (QED) is 0.643. The second-order valence-electron chi connectivity index (χ2n) is 7.46. The van der Waals surface area contributed by atoms with Gasteiger partial charge in [-0.3, -0.25) is 4.79 Å². The average molecular weight is 433 g/mol. The summed E-state index contributed by atoms with van der Waals surface area (Å²) in [7, 11) is -2.13. The Hall–Kier alpha value is -1.83. The van der Waals surface area contributed by atoms with Gasteiger partial charge >= 0.3 is 0 Å². The first-order chi connectivity index (χ1) is 13.8. The third-order valence-corrected chi connectivity index (χ3v) is 7.87. The summed E-state index contributed by atoms with van der Waals surface area (Å²) in [5.74, 6) is -0.0766. The summed E-state index contributed by atoms with van der Waals surface area (Å²) in [4.78, 5) is 15.9. The van der Waals surface area contributed by atoms with E-state index in [-0.39, 0.29) is 17.3 Å². The predicted molar refractivity (Wildman–Crippen MR) is 118 cm³/mol. The Kier molecular flexibility index (Phi) is 7.03. The van der Waals surface area contributed by atoms with Crippen LogP contribution < -0.4 is 0 Å². The summed E-state index contributed by atoms with van der Waals surface area (Å²) in [6.07, 6.45) is 5.03. The Bertz CT molecular complexity index is 966. The van der Waals surface area contributed by atoms with Crippen molar-refractivity contribution in [2.45, 2.75) is 42.5 Å². The lowest BCUT2D eigenvalue weighted by Crippen LogP contribution is -2.36. The van der Waals surface area contributed by atoms with E-state index in [2.05, 4.69) is 0 Å². The minimum atomic E-state index is -3.71. The van der Waals surface area contributed by atoms with Gasteiger partial charge in [-0.25, -0.2) is 8.42 Å². The normalized spacial score (nSPS) is 15.0. The van der Waals surface area contributed by atoms with E-state index in [4.69, 9.17) is 0 Å². The fourth-order valence-corrected chi connectivity index (χ4v) is 5.25. The van der Waals surface area contributed by atoms with Crippen molar-refractivity contribution >= 4 is 27.7 Å². The third kappa shape index (κ3) is 5.02. The van der Waals surface area contributed by atoms with E-state index in [1.807, 2.05) is 42.3 Å². The number of carbonyl (C=O) groups is 1. The number of likely N-dealkylation sites (tertiary alicyclic amines) is 1. The van der Waals surface area contributed by atoms with Crippen LogP contribution in [0.4, 0.5) is 0 Å². The predicted octanol–water partition coefficient (Wildman–Crippen LogP) is 4.16. The van der Waals surface area contributed by atoms with Crippen molar-refractivity contribution < 1.29 is 13.2 Å². The van der Waals surface area contributed by atoms with Crippen LogP contribution in [0.3, 0.4) is 0 Å². The molecule has 1 aliphatic rings. The lowest BCUT2D eigenvalue weighted by Gasteiger charge is -2.27. The minimum absolute atomic E-state index is 0.0766. The van der Waals surface area contributed by atoms with Crippen LogP contribution in [0.15, 0.2) is 52.3 Å². The lowest BCUT2D eigenvalue weighted by molar-refractivity contribution is 0.0720. The Morgan fingerprint density at radius 2 is 1.72 bits per heavy atom. The molecule has 0 bridgehead atoms. The van der Waals surface area contributed by atoms with E-state index in [0.717, 1.165) is 48.4 Å². The van der Waals surface area contributed by atoms with Crippen molar-refractivity contribution in [1.82, 2.24) is 9.21 Å². The molecular weight excluding hydrogens is 404 g/mol. The first-order valence-electron chi connectivity index (χ1n) is 9.82. The van der Waals surface area contributed by atoms with Crippen LogP contribution in [-0.4, -0.2) is 49.9 Å². The van der Waals surface area contributed by atoms with Gasteiger partial charge in [0.25, 0.3) is 5.91 Å². The standard InChI is InChI=1S/C22H28N2O3S2/c1-17-7-9-18(10-8-17)16-23(2)29(26,27)19-11-12-21(28-3)20(15-19)22(25)24-13-5-4-6-14-24/h7-12,15H,4-6,13-14,16H2,1-3H3. The van der Waals surface area contributed by atoms with Crippen molar-refractivity contribution in [1.29, 1.82) is 0 Å². The van der Waals surface area contributed by atoms with Crippen LogP contribution in [0.1, 0.15) is 40.7 Å². The molecule has 0 unspecified atom stereocenters. The molecule has 1 heterocycles. The van der Waals surface area contributed by atoms with Crippen LogP contribution >= 0.6 is 11.8 Å². The highest BCUT2D eigenvalue weighted by molar-refractivity contribution is 7.98. The molecule has 0 spiro atoms. The highest BCUT2D eigenvalue weighted by atomic mass is 32.2. The summed E-state index contributed by atoms with van der Waals surface area (Å²) in [5.41, 5.74) is 2.53. The van der Waals surface area contributed by atoms with Crippen molar-refractivity contribution in [3.63, 3.8) is 0 Å². The number of aryl methyl sites for hydroxylation is 1. The maximum atomic E-state index is 13.1. The fourth-order valence-electron chi connectivity index (χ4n) is 3.50. The second kappa shape index (κ2) is 9.32. The van der Waals surface area contributed by atoms with Crippen molar-refractivity contribution in [2.75, 3.05) is 26.4 Å².